The Balaban J connectivity index is 1.71. The van der Waals surface area contributed by atoms with Gasteiger partial charge in [-0.15, -0.1) is 11.8 Å². The Hall–Kier alpha value is -1.65. The number of rotatable bonds is 7. The van der Waals surface area contributed by atoms with Crippen LogP contribution in [0.4, 0.5) is 0 Å². The highest BCUT2D eigenvalue weighted by atomic mass is 35.5. The molecule has 138 valence electrons. The van der Waals surface area contributed by atoms with Gasteiger partial charge in [0.1, 0.15) is 6.61 Å². The molecule has 0 aliphatic rings. The van der Waals surface area contributed by atoms with E-state index in [4.69, 9.17) is 39.6 Å². The number of halogens is 3. The zero-order valence-electron chi connectivity index (χ0n) is 14.2. The van der Waals surface area contributed by atoms with Crippen molar-refractivity contribution in [3.05, 3.63) is 99.0 Å². The normalized spacial score (nSPS) is 11.4. The van der Waals surface area contributed by atoms with Gasteiger partial charge in [0.05, 0.1) is 5.71 Å². The molecule has 0 aliphatic heterocycles. The van der Waals surface area contributed by atoms with E-state index in [9.17, 15) is 0 Å². The van der Waals surface area contributed by atoms with Crippen LogP contribution in [-0.4, -0.2) is 11.5 Å². The van der Waals surface area contributed by atoms with Gasteiger partial charge in [-0.2, -0.15) is 0 Å². The van der Waals surface area contributed by atoms with Gasteiger partial charge in [-0.25, -0.2) is 0 Å². The summed E-state index contributed by atoms with van der Waals surface area (Å²) >= 11 is 19.7. The molecule has 0 atom stereocenters. The lowest BCUT2D eigenvalue weighted by atomic mass is 10.1. The molecule has 0 fully saturated rings. The first-order chi connectivity index (χ1) is 13.1. The van der Waals surface area contributed by atoms with Crippen molar-refractivity contribution >= 4 is 52.3 Å². The summed E-state index contributed by atoms with van der Waals surface area (Å²) in [5.41, 5.74) is 2.70. The maximum atomic E-state index is 6.19. The van der Waals surface area contributed by atoms with Gasteiger partial charge in [-0.05, 0) is 36.4 Å². The smallest absolute Gasteiger partial charge is 0.143 e. The van der Waals surface area contributed by atoms with Crippen molar-refractivity contribution in [3.8, 4) is 0 Å². The van der Waals surface area contributed by atoms with E-state index in [1.54, 1.807) is 23.9 Å². The van der Waals surface area contributed by atoms with Crippen LogP contribution in [0.1, 0.15) is 11.1 Å². The Kier molecular flexibility index (Phi) is 7.48. The summed E-state index contributed by atoms with van der Waals surface area (Å²) in [5.74, 6) is 0.667. The molecule has 0 N–H and O–H groups in total. The molecule has 6 heteroatoms. The minimum Gasteiger partial charge on any atom is -0.391 e. The molecule has 0 radical (unpaired) electrons. The highest BCUT2D eigenvalue weighted by Gasteiger charge is 2.07. The van der Waals surface area contributed by atoms with E-state index in [1.165, 1.54) is 0 Å². The van der Waals surface area contributed by atoms with Crippen LogP contribution < -0.4 is 0 Å². The fourth-order valence-corrected chi connectivity index (χ4v) is 3.73. The Morgan fingerprint density at radius 1 is 0.852 bits per heavy atom. The third-order valence-electron chi connectivity index (χ3n) is 3.71. The van der Waals surface area contributed by atoms with Crippen LogP contribution in [0.2, 0.25) is 15.1 Å². The first-order valence-corrected chi connectivity index (χ1v) is 10.3. The molecule has 2 nitrogen and oxygen atoms in total. The second-order valence-electron chi connectivity index (χ2n) is 5.66. The van der Waals surface area contributed by atoms with Crippen molar-refractivity contribution in [2.24, 2.45) is 5.16 Å². The van der Waals surface area contributed by atoms with Gasteiger partial charge in [-0.3, -0.25) is 0 Å². The maximum absolute atomic E-state index is 6.19. The van der Waals surface area contributed by atoms with Crippen LogP contribution in [0.3, 0.4) is 0 Å². The summed E-state index contributed by atoms with van der Waals surface area (Å²) in [6.45, 7) is 0.276. The molecule has 0 spiro atoms. The minimum absolute atomic E-state index is 0.276. The largest absolute Gasteiger partial charge is 0.391 e. The SMILES string of the molecule is Clc1ccc(SC/C(=N/OCc2ccc(Cl)cc2Cl)c2ccccc2)cc1. The van der Waals surface area contributed by atoms with Gasteiger partial charge in [0, 0.05) is 36.8 Å². The third-order valence-corrected chi connectivity index (χ3v) is 5.57. The van der Waals surface area contributed by atoms with Gasteiger partial charge >= 0.3 is 0 Å². The topological polar surface area (TPSA) is 21.6 Å². The molecule has 0 heterocycles. The molecule has 0 saturated carbocycles. The van der Waals surface area contributed by atoms with E-state index in [0.29, 0.717) is 15.8 Å². The van der Waals surface area contributed by atoms with Crippen molar-refractivity contribution in [2.45, 2.75) is 11.5 Å². The van der Waals surface area contributed by atoms with Crippen molar-refractivity contribution in [2.75, 3.05) is 5.75 Å². The summed E-state index contributed by atoms with van der Waals surface area (Å²) in [4.78, 5) is 6.71. The van der Waals surface area contributed by atoms with E-state index in [0.717, 1.165) is 26.8 Å². The van der Waals surface area contributed by atoms with E-state index in [-0.39, 0.29) is 6.61 Å². The monoisotopic (exact) mass is 435 g/mol. The summed E-state index contributed by atoms with van der Waals surface area (Å²) in [6.07, 6.45) is 0. The zero-order valence-corrected chi connectivity index (χ0v) is 17.3. The van der Waals surface area contributed by atoms with Crippen LogP contribution in [0.5, 0.6) is 0 Å². The van der Waals surface area contributed by atoms with Gasteiger partial charge < -0.3 is 4.84 Å². The average molecular weight is 437 g/mol. The molecule has 3 rings (SSSR count). The Labute approximate surface area is 178 Å². The molecule has 0 saturated heterocycles. The number of oxime groups is 1. The van der Waals surface area contributed by atoms with Crippen LogP contribution in [0, 0.1) is 0 Å². The highest BCUT2D eigenvalue weighted by molar-refractivity contribution is 8.00. The maximum Gasteiger partial charge on any atom is 0.143 e. The summed E-state index contributed by atoms with van der Waals surface area (Å²) in [5, 5.41) is 6.24. The molecular weight excluding hydrogens is 421 g/mol. The van der Waals surface area contributed by atoms with Gasteiger partial charge in [0.25, 0.3) is 0 Å². The van der Waals surface area contributed by atoms with Crippen molar-refractivity contribution in [3.63, 3.8) is 0 Å². The Morgan fingerprint density at radius 3 is 2.26 bits per heavy atom. The van der Waals surface area contributed by atoms with E-state index in [2.05, 4.69) is 5.16 Å². The Morgan fingerprint density at radius 2 is 1.56 bits per heavy atom. The standard InChI is InChI=1S/C21H16Cl3NOS/c22-17-8-10-19(11-9-17)27-14-21(15-4-2-1-3-5-15)25-26-13-16-6-7-18(23)12-20(16)24/h1-12H,13-14H2/b25-21-. The predicted octanol–water partition coefficient (Wildman–Crippen LogP) is 7.36. The second kappa shape index (κ2) is 10.0. The number of thioether (sulfide) groups is 1. The van der Waals surface area contributed by atoms with E-state index < -0.39 is 0 Å². The van der Waals surface area contributed by atoms with Crippen LogP contribution in [0.25, 0.3) is 0 Å². The molecule has 0 bridgehead atoms. The molecule has 3 aromatic rings. The van der Waals surface area contributed by atoms with Gasteiger partial charge in [0.2, 0.25) is 0 Å². The number of nitrogens with zero attached hydrogens (tertiary/aromatic N) is 1. The quantitative estimate of drug-likeness (QED) is 0.219. The number of hydrogen-bond acceptors (Lipinski definition) is 3. The molecule has 0 aromatic heterocycles. The van der Waals surface area contributed by atoms with Crippen molar-refractivity contribution in [1.29, 1.82) is 0 Å². The van der Waals surface area contributed by atoms with E-state index >= 15 is 0 Å². The van der Waals surface area contributed by atoms with Crippen molar-refractivity contribution in [1.82, 2.24) is 0 Å². The number of benzene rings is 3. The van der Waals surface area contributed by atoms with Crippen LogP contribution in [-0.2, 0) is 11.4 Å². The highest BCUT2D eigenvalue weighted by Crippen LogP contribution is 2.23. The average Bonchev–Trinajstić information content (AvgIpc) is 2.68. The lowest BCUT2D eigenvalue weighted by molar-refractivity contribution is 0.130. The third kappa shape index (κ3) is 6.18. The van der Waals surface area contributed by atoms with Crippen LogP contribution >= 0.6 is 46.6 Å². The van der Waals surface area contributed by atoms with Gasteiger partial charge in [0.15, 0.2) is 0 Å². The zero-order chi connectivity index (χ0) is 19.1. The first kappa shape index (κ1) is 20.1. The summed E-state index contributed by atoms with van der Waals surface area (Å²) in [6, 6.07) is 23.0. The molecule has 0 unspecified atom stereocenters. The fourth-order valence-electron chi connectivity index (χ4n) is 2.29. The second-order valence-corrected chi connectivity index (χ2v) is 7.98. The molecule has 0 aliphatic carbocycles. The van der Waals surface area contributed by atoms with Crippen LogP contribution in [0.15, 0.2) is 82.8 Å². The summed E-state index contributed by atoms with van der Waals surface area (Å²) < 4.78 is 0. The lowest BCUT2D eigenvalue weighted by Crippen LogP contribution is -2.06. The molecular formula is C21H16Cl3NOS. The summed E-state index contributed by atoms with van der Waals surface area (Å²) in [7, 11) is 0. The van der Waals surface area contributed by atoms with E-state index in [1.807, 2.05) is 60.7 Å². The lowest BCUT2D eigenvalue weighted by Gasteiger charge is -2.08. The Bertz CT molecular complexity index is 914. The molecule has 0 amide bonds. The first-order valence-electron chi connectivity index (χ1n) is 8.18. The van der Waals surface area contributed by atoms with Crippen molar-refractivity contribution < 1.29 is 4.84 Å². The predicted molar refractivity (Wildman–Crippen MR) is 116 cm³/mol. The van der Waals surface area contributed by atoms with Gasteiger partial charge in [-0.1, -0.05) is 76.4 Å². The minimum atomic E-state index is 0.276. The molecule has 3 aromatic carbocycles. The fraction of sp³-hybridized carbons (Fsp3) is 0.0952. The molecule has 27 heavy (non-hydrogen) atoms. The number of hydrogen-bond donors (Lipinski definition) is 0.